The van der Waals surface area contributed by atoms with Crippen molar-refractivity contribution in [1.29, 1.82) is 0 Å². The molecule has 0 radical (unpaired) electrons. The number of nitrogens with one attached hydrogen (secondary N) is 1. The van der Waals surface area contributed by atoms with Crippen LogP contribution in [0.2, 0.25) is 0 Å². The average molecular weight is 313 g/mol. The number of aryl methyl sites for hydroxylation is 4. The van der Waals surface area contributed by atoms with Gasteiger partial charge in [0.05, 0.1) is 7.11 Å². The standard InChI is InChI=1S/C19H23NO3/c1-12-6-7-16(8-13(12)2)23-11-19(21)20-17-9-15(4)18(22-5)10-14(17)3/h6-10H,11H2,1-5H3,(H,20,21). The fourth-order valence-corrected chi connectivity index (χ4v) is 2.28. The number of ether oxygens (including phenoxy) is 2. The molecule has 0 spiro atoms. The SMILES string of the molecule is COc1cc(C)c(NC(=O)COc2ccc(C)c(C)c2)cc1C. The summed E-state index contributed by atoms with van der Waals surface area (Å²) < 4.78 is 10.8. The van der Waals surface area contributed by atoms with Gasteiger partial charge in [0.25, 0.3) is 5.91 Å². The summed E-state index contributed by atoms with van der Waals surface area (Å²) >= 11 is 0. The molecule has 0 saturated heterocycles. The number of methoxy groups -OCH3 is 1. The van der Waals surface area contributed by atoms with Crippen molar-refractivity contribution in [2.45, 2.75) is 27.7 Å². The van der Waals surface area contributed by atoms with Gasteiger partial charge in [-0.2, -0.15) is 0 Å². The third kappa shape index (κ3) is 4.25. The van der Waals surface area contributed by atoms with Crippen LogP contribution < -0.4 is 14.8 Å². The van der Waals surface area contributed by atoms with Crippen LogP contribution in [0.5, 0.6) is 11.5 Å². The van der Waals surface area contributed by atoms with Gasteiger partial charge in [-0.05, 0) is 74.2 Å². The van der Waals surface area contributed by atoms with E-state index in [-0.39, 0.29) is 12.5 Å². The Morgan fingerprint density at radius 3 is 2.35 bits per heavy atom. The van der Waals surface area contributed by atoms with Crippen molar-refractivity contribution in [3.8, 4) is 11.5 Å². The minimum absolute atomic E-state index is 0.0208. The maximum atomic E-state index is 12.1. The van der Waals surface area contributed by atoms with Crippen LogP contribution in [-0.2, 0) is 4.79 Å². The van der Waals surface area contributed by atoms with E-state index in [0.717, 1.165) is 28.1 Å². The van der Waals surface area contributed by atoms with E-state index in [1.54, 1.807) is 7.11 Å². The molecule has 0 heterocycles. The van der Waals surface area contributed by atoms with Crippen molar-refractivity contribution in [3.63, 3.8) is 0 Å². The fraction of sp³-hybridized carbons (Fsp3) is 0.316. The molecule has 0 aromatic heterocycles. The largest absolute Gasteiger partial charge is 0.496 e. The Hall–Kier alpha value is -2.49. The van der Waals surface area contributed by atoms with E-state index in [0.29, 0.717) is 5.75 Å². The van der Waals surface area contributed by atoms with Crippen molar-refractivity contribution >= 4 is 11.6 Å². The summed E-state index contributed by atoms with van der Waals surface area (Å²) in [5.74, 6) is 1.33. The second-order valence-corrected chi connectivity index (χ2v) is 5.72. The quantitative estimate of drug-likeness (QED) is 0.909. The van der Waals surface area contributed by atoms with Crippen molar-refractivity contribution in [2.75, 3.05) is 19.0 Å². The van der Waals surface area contributed by atoms with Gasteiger partial charge in [0, 0.05) is 5.69 Å². The molecule has 0 unspecified atom stereocenters. The van der Waals surface area contributed by atoms with E-state index < -0.39 is 0 Å². The summed E-state index contributed by atoms with van der Waals surface area (Å²) in [5, 5.41) is 2.88. The highest BCUT2D eigenvalue weighted by Gasteiger charge is 2.09. The number of carbonyl (C=O) groups is 1. The molecule has 0 aliphatic rings. The van der Waals surface area contributed by atoms with Gasteiger partial charge in [0.15, 0.2) is 6.61 Å². The van der Waals surface area contributed by atoms with Crippen LogP contribution in [0.4, 0.5) is 5.69 Å². The lowest BCUT2D eigenvalue weighted by atomic mass is 10.1. The van der Waals surface area contributed by atoms with Crippen LogP contribution in [0, 0.1) is 27.7 Å². The zero-order valence-corrected chi connectivity index (χ0v) is 14.3. The molecular formula is C19H23NO3. The molecule has 23 heavy (non-hydrogen) atoms. The van der Waals surface area contributed by atoms with Crippen LogP contribution in [0.25, 0.3) is 0 Å². The first-order chi connectivity index (χ1) is 10.9. The summed E-state index contributed by atoms with van der Waals surface area (Å²) in [6, 6.07) is 9.61. The van der Waals surface area contributed by atoms with Crippen LogP contribution in [0.1, 0.15) is 22.3 Å². The van der Waals surface area contributed by atoms with Crippen LogP contribution in [0.3, 0.4) is 0 Å². The van der Waals surface area contributed by atoms with Gasteiger partial charge in [-0.25, -0.2) is 0 Å². The number of hydrogen-bond acceptors (Lipinski definition) is 3. The molecule has 0 bridgehead atoms. The Balaban J connectivity index is 1.99. The number of hydrogen-bond donors (Lipinski definition) is 1. The highest BCUT2D eigenvalue weighted by Crippen LogP contribution is 2.26. The van der Waals surface area contributed by atoms with E-state index in [9.17, 15) is 4.79 Å². The average Bonchev–Trinajstić information content (AvgIpc) is 2.51. The molecule has 1 N–H and O–H groups in total. The number of benzene rings is 2. The minimum atomic E-state index is -0.184. The lowest BCUT2D eigenvalue weighted by Crippen LogP contribution is -2.20. The predicted octanol–water partition coefficient (Wildman–Crippen LogP) is 3.95. The summed E-state index contributed by atoms with van der Waals surface area (Å²) in [4.78, 5) is 12.1. The first-order valence-electron chi connectivity index (χ1n) is 7.56. The van der Waals surface area contributed by atoms with Crippen molar-refractivity contribution in [2.24, 2.45) is 0 Å². The van der Waals surface area contributed by atoms with Crippen LogP contribution in [0.15, 0.2) is 30.3 Å². The number of rotatable bonds is 5. The lowest BCUT2D eigenvalue weighted by Gasteiger charge is -2.13. The summed E-state index contributed by atoms with van der Waals surface area (Å²) in [6.45, 7) is 7.92. The topological polar surface area (TPSA) is 47.6 Å². The van der Waals surface area contributed by atoms with E-state index in [4.69, 9.17) is 9.47 Å². The maximum absolute atomic E-state index is 12.1. The van der Waals surface area contributed by atoms with Crippen molar-refractivity contribution in [1.82, 2.24) is 0 Å². The fourth-order valence-electron chi connectivity index (χ4n) is 2.28. The molecule has 0 aliphatic heterocycles. The van der Waals surface area contributed by atoms with Gasteiger partial charge in [0.2, 0.25) is 0 Å². The third-order valence-corrected chi connectivity index (χ3v) is 3.86. The lowest BCUT2D eigenvalue weighted by molar-refractivity contribution is -0.118. The molecule has 4 nitrogen and oxygen atoms in total. The van der Waals surface area contributed by atoms with Gasteiger partial charge in [-0.1, -0.05) is 6.07 Å². The van der Waals surface area contributed by atoms with Gasteiger partial charge < -0.3 is 14.8 Å². The molecule has 0 atom stereocenters. The molecule has 122 valence electrons. The van der Waals surface area contributed by atoms with Gasteiger partial charge in [-0.15, -0.1) is 0 Å². The third-order valence-electron chi connectivity index (χ3n) is 3.86. The zero-order valence-electron chi connectivity index (χ0n) is 14.3. The smallest absolute Gasteiger partial charge is 0.262 e. The predicted molar refractivity (Wildman–Crippen MR) is 92.5 cm³/mol. The van der Waals surface area contributed by atoms with E-state index >= 15 is 0 Å². The Bertz CT molecular complexity index is 723. The zero-order chi connectivity index (χ0) is 17.0. The van der Waals surface area contributed by atoms with Crippen molar-refractivity contribution in [3.05, 3.63) is 52.6 Å². The van der Waals surface area contributed by atoms with E-state index in [2.05, 4.69) is 5.32 Å². The Labute approximate surface area is 137 Å². The first-order valence-corrected chi connectivity index (χ1v) is 7.56. The van der Waals surface area contributed by atoms with Gasteiger partial charge in [-0.3, -0.25) is 4.79 Å². The highest BCUT2D eigenvalue weighted by atomic mass is 16.5. The summed E-state index contributed by atoms with van der Waals surface area (Å²) in [6.07, 6.45) is 0. The summed E-state index contributed by atoms with van der Waals surface area (Å²) in [7, 11) is 1.64. The number of carbonyl (C=O) groups excluding carboxylic acids is 1. The normalized spacial score (nSPS) is 10.3. The molecule has 2 aromatic carbocycles. The van der Waals surface area contributed by atoms with Gasteiger partial charge >= 0.3 is 0 Å². The molecule has 2 rings (SSSR count). The Morgan fingerprint density at radius 1 is 0.957 bits per heavy atom. The first kappa shape index (κ1) is 16.9. The maximum Gasteiger partial charge on any atom is 0.262 e. The second-order valence-electron chi connectivity index (χ2n) is 5.72. The van der Waals surface area contributed by atoms with E-state index in [1.807, 2.05) is 58.0 Å². The Kier molecular flexibility index (Phi) is 5.27. The van der Waals surface area contributed by atoms with Crippen LogP contribution >= 0.6 is 0 Å². The Morgan fingerprint density at radius 2 is 1.70 bits per heavy atom. The van der Waals surface area contributed by atoms with Gasteiger partial charge in [0.1, 0.15) is 11.5 Å². The molecule has 0 fully saturated rings. The molecule has 0 saturated carbocycles. The van der Waals surface area contributed by atoms with E-state index in [1.165, 1.54) is 5.56 Å². The highest BCUT2D eigenvalue weighted by molar-refractivity contribution is 5.92. The second kappa shape index (κ2) is 7.18. The molecule has 1 amide bonds. The monoisotopic (exact) mass is 313 g/mol. The molecule has 0 aliphatic carbocycles. The minimum Gasteiger partial charge on any atom is -0.496 e. The van der Waals surface area contributed by atoms with Crippen molar-refractivity contribution < 1.29 is 14.3 Å². The molecule has 4 heteroatoms. The molecular weight excluding hydrogens is 290 g/mol. The number of amides is 1. The summed E-state index contributed by atoms with van der Waals surface area (Å²) in [5.41, 5.74) is 5.04. The molecule has 2 aromatic rings. The van der Waals surface area contributed by atoms with Crippen LogP contribution in [-0.4, -0.2) is 19.6 Å². The number of anilines is 1.